The van der Waals surface area contributed by atoms with Crippen LogP contribution >= 0.6 is 0 Å². The van der Waals surface area contributed by atoms with Crippen molar-refractivity contribution in [1.29, 1.82) is 0 Å². The van der Waals surface area contributed by atoms with Crippen molar-refractivity contribution in [3.8, 4) is 0 Å². The zero-order valence-corrected chi connectivity index (χ0v) is 9.73. The molecule has 15 heavy (non-hydrogen) atoms. The summed E-state index contributed by atoms with van der Waals surface area (Å²) in [5.41, 5.74) is 5.80. The Labute approximate surface area is 90.6 Å². The highest BCUT2D eigenvalue weighted by Gasteiger charge is 2.25. The van der Waals surface area contributed by atoms with E-state index in [-0.39, 0.29) is 0 Å². The van der Waals surface area contributed by atoms with E-state index in [1.165, 1.54) is 0 Å². The largest absolute Gasteiger partial charge is 0.383 e. The van der Waals surface area contributed by atoms with Gasteiger partial charge < -0.3 is 15.0 Å². The van der Waals surface area contributed by atoms with Crippen molar-refractivity contribution < 1.29 is 4.74 Å². The monoisotopic (exact) mass is 212 g/mol. The number of rotatable bonds is 6. The molecule has 1 unspecified atom stereocenters. The van der Waals surface area contributed by atoms with E-state index in [0.29, 0.717) is 6.61 Å². The molecule has 5 heteroatoms. The predicted molar refractivity (Wildman–Crippen MR) is 58.3 cm³/mol. The quantitative estimate of drug-likeness (QED) is 0.760. The Bertz CT molecular complexity index is 295. The first-order valence-electron chi connectivity index (χ1n) is 5.28. The summed E-state index contributed by atoms with van der Waals surface area (Å²) in [5.74, 6) is 0.835. The molecule has 0 fully saturated rings. The van der Waals surface area contributed by atoms with Crippen LogP contribution in [0.15, 0.2) is 6.33 Å². The Kier molecular flexibility index (Phi) is 4.23. The van der Waals surface area contributed by atoms with Gasteiger partial charge in [0.25, 0.3) is 0 Å². The van der Waals surface area contributed by atoms with Crippen LogP contribution in [0.25, 0.3) is 0 Å². The van der Waals surface area contributed by atoms with E-state index in [9.17, 15) is 0 Å². The standard InChI is InChI=1S/C10H20N4O/c1-4-5-10(2,11)9-13-12-8-14(9)6-7-15-3/h8H,4-7,11H2,1-3H3. The van der Waals surface area contributed by atoms with Crippen LogP contribution in [0.1, 0.15) is 32.5 Å². The van der Waals surface area contributed by atoms with E-state index in [0.717, 1.165) is 25.2 Å². The first-order valence-corrected chi connectivity index (χ1v) is 5.28. The molecule has 0 bridgehead atoms. The molecule has 0 spiro atoms. The van der Waals surface area contributed by atoms with Crippen molar-refractivity contribution in [3.05, 3.63) is 12.2 Å². The van der Waals surface area contributed by atoms with Crippen LogP contribution in [0.4, 0.5) is 0 Å². The Hall–Kier alpha value is -0.940. The summed E-state index contributed by atoms with van der Waals surface area (Å²) < 4.78 is 6.98. The maximum Gasteiger partial charge on any atom is 0.152 e. The normalized spacial score (nSPS) is 15.2. The highest BCUT2D eigenvalue weighted by atomic mass is 16.5. The third-order valence-corrected chi connectivity index (χ3v) is 2.43. The van der Waals surface area contributed by atoms with E-state index in [1.807, 2.05) is 11.5 Å². The molecule has 0 radical (unpaired) electrons. The number of aromatic nitrogens is 3. The fourth-order valence-corrected chi connectivity index (χ4v) is 1.68. The summed E-state index contributed by atoms with van der Waals surface area (Å²) in [6, 6.07) is 0. The van der Waals surface area contributed by atoms with Gasteiger partial charge in [-0.2, -0.15) is 0 Å². The molecule has 1 atom stereocenters. The van der Waals surface area contributed by atoms with Crippen LogP contribution < -0.4 is 5.73 Å². The average Bonchev–Trinajstić information content (AvgIpc) is 2.63. The number of ether oxygens (including phenoxy) is 1. The van der Waals surface area contributed by atoms with Crippen LogP contribution in [0.2, 0.25) is 0 Å². The topological polar surface area (TPSA) is 66.0 Å². The number of nitrogens with zero attached hydrogens (tertiary/aromatic N) is 3. The number of hydrogen-bond donors (Lipinski definition) is 1. The minimum absolute atomic E-state index is 0.404. The van der Waals surface area contributed by atoms with E-state index in [4.69, 9.17) is 10.5 Å². The lowest BCUT2D eigenvalue weighted by Crippen LogP contribution is -2.36. The molecule has 0 aliphatic rings. The summed E-state index contributed by atoms with van der Waals surface area (Å²) in [4.78, 5) is 0. The molecule has 1 rings (SSSR count). The molecule has 1 aromatic heterocycles. The molecule has 1 heterocycles. The zero-order chi connectivity index (χ0) is 11.3. The fraction of sp³-hybridized carbons (Fsp3) is 0.800. The van der Waals surface area contributed by atoms with Gasteiger partial charge in [-0.1, -0.05) is 13.3 Å². The first-order chi connectivity index (χ1) is 7.11. The lowest BCUT2D eigenvalue weighted by molar-refractivity contribution is 0.184. The molecule has 0 aromatic carbocycles. The molecule has 0 saturated carbocycles. The van der Waals surface area contributed by atoms with Gasteiger partial charge in [0.05, 0.1) is 12.1 Å². The first kappa shape index (κ1) is 12.1. The molecule has 0 saturated heterocycles. The van der Waals surface area contributed by atoms with E-state index < -0.39 is 5.54 Å². The number of methoxy groups -OCH3 is 1. The van der Waals surface area contributed by atoms with Crippen molar-refractivity contribution in [2.24, 2.45) is 5.73 Å². The van der Waals surface area contributed by atoms with Gasteiger partial charge in [-0.05, 0) is 13.3 Å². The second-order valence-electron chi connectivity index (χ2n) is 4.01. The van der Waals surface area contributed by atoms with Gasteiger partial charge >= 0.3 is 0 Å². The number of hydrogen-bond acceptors (Lipinski definition) is 4. The molecule has 0 aliphatic carbocycles. The van der Waals surface area contributed by atoms with Crippen LogP contribution in [0.5, 0.6) is 0 Å². The van der Waals surface area contributed by atoms with Crippen LogP contribution in [0, 0.1) is 0 Å². The second kappa shape index (κ2) is 5.23. The van der Waals surface area contributed by atoms with Gasteiger partial charge in [0.1, 0.15) is 6.33 Å². The third kappa shape index (κ3) is 3.00. The third-order valence-electron chi connectivity index (χ3n) is 2.43. The van der Waals surface area contributed by atoms with E-state index in [2.05, 4.69) is 17.1 Å². The van der Waals surface area contributed by atoms with Crippen molar-refractivity contribution in [2.45, 2.75) is 38.8 Å². The Morgan fingerprint density at radius 3 is 2.93 bits per heavy atom. The van der Waals surface area contributed by atoms with Gasteiger partial charge in [0.2, 0.25) is 0 Å². The van der Waals surface area contributed by atoms with Gasteiger partial charge in [-0.15, -0.1) is 10.2 Å². The summed E-state index contributed by atoms with van der Waals surface area (Å²) in [6.45, 7) is 5.49. The average molecular weight is 212 g/mol. The van der Waals surface area contributed by atoms with Crippen LogP contribution in [0.3, 0.4) is 0 Å². The summed E-state index contributed by atoms with van der Waals surface area (Å²) >= 11 is 0. The smallest absolute Gasteiger partial charge is 0.152 e. The van der Waals surface area contributed by atoms with Crippen molar-refractivity contribution >= 4 is 0 Å². The molecular weight excluding hydrogens is 192 g/mol. The minimum atomic E-state index is -0.404. The maximum absolute atomic E-state index is 6.20. The van der Waals surface area contributed by atoms with Gasteiger partial charge in [0, 0.05) is 13.7 Å². The maximum atomic E-state index is 6.20. The molecule has 0 amide bonds. The Morgan fingerprint density at radius 2 is 2.33 bits per heavy atom. The lowest BCUT2D eigenvalue weighted by Gasteiger charge is -2.23. The van der Waals surface area contributed by atoms with Crippen molar-refractivity contribution in [2.75, 3.05) is 13.7 Å². The highest BCUT2D eigenvalue weighted by Crippen LogP contribution is 2.20. The van der Waals surface area contributed by atoms with Crippen LogP contribution in [-0.4, -0.2) is 28.5 Å². The summed E-state index contributed by atoms with van der Waals surface area (Å²) in [7, 11) is 1.68. The van der Waals surface area contributed by atoms with Gasteiger partial charge in [0.15, 0.2) is 5.82 Å². The molecular formula is C10H20N4O. The minimum Gasteiger partial charge on any atom is -0.383 e. The summed E-state index contributed by atoms with van der Waals surface area (Å²) in [6.07, 6.45) is 3.64. The molecule has 0 aliphatic heterocycles. The van der Waals surface area contributed by atoms with E-state index in [1.54, 1.807) is 13.4 Å². The van der Waals surface area contributed by atoms with Crippen molar-refractivity contribution in [1.82, 2.24) is 14.8 Å². The molecule has 2 N–H and O–H groups in total. The molecule has 86 valence electrons. The van der Waals surface area contributed by atoms with Crippen LogP contribution in [-0.2, 0) is 16.8 Å². The summed E-state index contributed by atoms with van der Waals surface area (Å²) in [5, 5.41) is 7.99. The molecule has 5 nitrogen and oxygen atoms in total. The lowest BCUT2D eigenvalue weighted by atomic mass is 9.96. The Morgan fingerprint density at radius 1 is 1.60 bits per heavy atom. The van der Waals surface area contributed by atoms with E-state index >= 15 is 0 Å². The van der Waals surface area contributed by atoms with Gasteiger partial charge in [-0.25, -0.2) is 0 Å². The Balaban J connectivity index is 2.79. The zero-order valence-electron chi connectivity index (χ0n) is 9.73. The van der Waals surface area contributed by atoms with Gasteiger partial charge in [-0.3, -0.25) is 0 Å². The second-order valence-corrected chi connectivity index (χ2v) is 4.01. The SMILES string of the molecule is CCCC(C)(N)c1nncn1CCOC. The predicted octanol–water partition coefficient (Wildman–Crippen LogP) is 0.898. The molecule has 1 aromatic rings. The fourth-order valence-electron chi connectivity index (χ4n) is 1.68. The number of nitrogens with two attached hydrogens (primary N) is 1. The highest BCUT2D eigenvalue weighted by molar-refractivity contribution is 5.02. The van der Waals surface area contributed by atoms with Crippen molar-refractivity contribution in [3.63, 3.8) is 0 Å².